The van der Waals surface area contributed by atoms with E-state index in [1.807, 2.05) is 11.8 Å². The number of hydrogen-bond donors (Lipinski definition) is 1. The molecule has 1 rings (SSSR count). The molecule has 0 atom stereocenters. The van der Waals surface area contributed by atoms with Crippen LogP contribution in [-0.2, 0) is 4.79 Å². The lowest BCUT2D eigenvalue weighted by molar-refractivity contribution is -0.147. The number of carbonyl (C=O) groups is 1. The molecule has 0 saturated carbocycles. The molecule has 106 valence electrons. The van der Waals surface area contributed by atoms with Gasteiger partial charge in [-0.25, -0.2) is 0 Å². The van der Waals surface area contributed by atoms with Crippen LogP contribution in [0.15, 0.2) is 23.1 Å². The zero-order valence-corrected chi connectivity index (χ0v) is 13.1. The molecule has 3 heteroatoms. The lowest BCUT2D eigenvalue weighted by Crippen LogP contribution is -2.23. The van der Waals surface area contributed by atoms with E-state index in [1.54, 1.807) is 13.8 Å². The van der Waals surface area contributed by atoms with E-state index in [0.717, 1.165) is 25.0 Å². The topological polar surface area (TPSA) is 37.3 Å². The molecular weight excluding hydrogens is 256 g/mol. The van der Waals surface area contributed by atoms with E-state index in [9.17, 15) is 4.79 Å². The van der Waals surface area contributed by atoms with Gasteiger partial charge < -0.3 is 5.11 Å². The number of benzene rings is 1. The maximum absolute atomic E-state index is 11.0. The average Bonchev–Trinajstić information content (AvgIpc) is 2.33. The molecule has 1 N–H and O–H groups in total. The number of hydrogen-bond acceptors (Lipinski definition) is 2. The zero-order valence-electron chi connectivity index (χ0n) is 12.3. The van der Waals surface area contributed by atoms with Crippen molar-refractivity contribution in [1.82, 2.24) is 0 Å². The second-order valence-corrected chi connectivity index (χ2v) is 6.91. The Balaban J connectivity index is 2.28. The summed E-state index contributed by atoms with van der Waals surface area (Å²) in [4.78, 5) is 12.3. The largest absolute Gasteiger partial charge is 0.481 e. The summed E-state index contributed by atoms with van der Waals surface area (Å²) in [5, 5.41) is 9.03. The van der Waals surface area contributed by atoms with Gasteiger partial charge in [-0.1, -0.05) is 12.5 Å². The molecule has 0 aliphatic heterocycles. The molecular formula is C16H24O2S. The number of carboxylic acids is 1. The Hall–Kier alpha value is -0.960. The van der Waals surface area contributed by atoms with Gasteiger partial charge in [0.05, 0.1) is 5.41 Å². The lowest BCUT2D eigenvalue weighted by Gasteiger charge is -2.18. The van der Waals surface area contributed by atoms with Crippen LogP contribution in [0.4, 0.5) is 0 Å². The molecule has 0 fully saturated rings. The number of carboxylic acid groups (broad SMARTS) is 1. The molecule has 19 heavy (non-hydrogen) atoms. The van der Waals surface area contributed by atoms with Gasteiger partial charge in [-0.3, -0.25) is 4.79 Å². The second kappa shape index (κ2) is 6.99. The van der Waals surface area contributed by atoms with Crippen molar-refractivity contribution in [3.63, 3.8) is 0 Å². The second-order valence-electron chi connectivity index (χ2n) is 5.74. The summed E-state index contributed by atoms with van der Waals surface area (Å²) >= 11 is 1.85. The molecule has 0 heterocycles. The third-order valence-electron chi connectivity index (χ3n) is 3.52. The Morgan fingerprint density at radius 1 is 1.21 bits per heavy atom. The molecule has 0 bridgehead atoms. The summed E-state index contributed by atoms with van der Waals surface area (Å²) in [5.41, 5.74) is 2.06. The molecule has 0 aliphatic carbocycles. The van der Waals surface area contributed by atoms with Crippen molar-refractivity contribution in [3.8, 4) is 0 Å². The first-order chi connectivity index (χ1) is 8.83. The predicted octanol–water partition coefficient (Wildman–Crippen LogP) is 4.68. The van der Waals surface area contributed by atoms with Gasteiger partial charge in [0.25, 0.3) is 0 Å². The summed E-state index contributed by atoms with van der Waals surface area (Å²) in [6, 6.07) is 6.54. The molecule has 1 aromatic rings. The third kappa shape index (κ3) is 5.27. The molecule has 2 nitrogen and oxygen atoms in total. The van der Waals surface area contributed by atoms with Crippen LogP contribution in [-0.4, -0.2) is 16.8 Å². The third-order valence-corrected chi connectivity index (χ3v) is 4.60. The minimum Gasteiger partial charge on any atom is -0.481 e. The van der Waals surface area contributed by atoms with Gasteiger partial charge in [-0.15, -0.1) is 11.8 Å². The van der Waals surface area contributed by atoms with Gasteiger partial charge in [-0.05, 0) is 69.5 Å². The summed E-state index contributed by atoms with van der Waals surface area (Å²) in [6.45, 7) is 7.85. The van der Waals surface area contributed by atoms with Crippen molar-refractivity contribution < 1.29 is 9.90 Å². The highest BCUT2D eigenvalue weighted by Gasteiger charge is 2.25. The van der Waals surface area contributed by atoms with Crippen LogP contribution in [0, 0.1) is 19.3 Å². The van der Waals surface area contributed by atoms with E-state index in [4.69, 9.17) is 5.11 Å². The summed E-state index contributed by atoms with van der Waals surface area (Å²) < 4.78 is 0. The van der Waals surface area contributed by atoms with Crippen molar-refractivity contribution in [2.75, 3.05) is 5.75 Å². The van der Waals surface area contributed by atoms with Crippen LogP contribution >= 0.6 is 11.8 Å². The van der Waals surface area contributed by atoms with Gasteiger partial charge in [0, 0.05) is 4.90 Å². The smallest absolute Gasteiger partial charge is 0.309 e. The summed E-state index contributed by atoms with van der Waals surface area (Å²) in [5.74, 6) is 0.354. The molecule has 0 radical (unpaired) electrons. The predicted molar refractivity (Wildman–Crippen MR) is 81.9 cm³/mol. The Bertz CT molecular complexity index is 438. The van der Waals surface area contributed by atoms with Gasteiger partial charge in [0.1, 0.15) is 0 Å². The summed E-state index contributed by atoms with van der Waals surface area (Å²) in [6.07, 6.45) is 2.78. The van der Waals surface area contributed by atoms with Crippen LogP contribution < -0.4 is 0 Å². The van der Waals surface area contributed by atoms with Crippen molar-refractivity contribution in [1.29, 1.82) is 0 Å². The Kier molecular flexibility index (Phi) is 5.92. The molecule has 0 spiro atoms. The van der Waals surface area contributed by atoms with Crippen LogP contribution in [0.2, 0.25) is 0 Å². The van der Waals surface area contributed by atoms with E-state index >= 15 is 0 Å². The van der Waals surface area contributed by atoms with E-state index in [2.05, 4.69) is 32.0 Å². The highest BCUT2D eigenvalue weighted by Crippen LogP contribution is 2.26. The minimum absolute atomic E-state index is 0.592. The molecule has 1 aromatic carbocycles. The monoisotopic (exact) mass is 280 g/mol. The number of rotatable bonds is 7. The number of thioether (sulfide) groups is 1. The van der Waals surface area contributed by atoms with Crippen LogP contribution in [0.3, 0.4) is 0 Å². The van der Waals surface area contributed by atoms with Crippen molar-refractivity contribution >= 4 is 17.7 Å². The molecule has 0 amide bonds. The Labute approximate surface area is 120 Å². The first-order valence-electron chi connectivity index (χ1n) is 6.76. The van der Waals surface area contributed by atoms with Gasteiger partial charge in [0.2, 0.25) is 0 Å². The Morgan fingerprint density at radius 3 is 2.47 bits per heavy atom. The van der Waals surface area contributed by atoms with Gasteiger partial charge in [0.15, 0.2) is 0 Å². The minimum atomic E-state index is -0.700. The van der Waals surface area contributed by atoms with Crippen LogP contribution in [0.25, 0.3) is 0 Å². The first kappa shape index (κ1) is 16.1. The van der Waals surface area contributed by atoms with Crippen molar-refractivity contribution in [2.24, 2.45) is 5.41 Å². The fourth-order valence-electron chi connectivity index (χ4n) is 1.77. The highest BCUT2D eigenvalue weighted by molar-refractivity contribution is 7.99. The maximum Gasteiger partial charge on any atom is 0.309 e. The van der Waals surface area contributed by atoms with E-state index in [-0.39, 0.29) is 0 Å². The zero-order chi connectivity index (χ0) is 14.5. The van der Waals surface area contributed by atoms with Gasteiger partial charge in [-0.2, -0.15) is 0 Å². The fourth-order valence-corrected chi connectivity index (χ4v) is 2.78. The Morgan fingerprint density at radius 2 is 1.89 bits per heavy atom. The van der Waals surface area contributed by atoms with Crippen molar-refractivity contribution in [3.05, 3.63) is 29.3 Å². The highest BCUT2D eigenvalue weighted by atomic mass is 32.2. The number of unbranched alkanes of at least 4 members (excludes halogenated alkanes) is 1. The van der Waals surface area contributed by atoms with Crippen LogP contribution in [0.1, 0.15) is 44.2 Å². The van der Waals surface area contributed by atoms with Crippen molar-refractivity contribution in [2.45, 2.75) is 51.9 Å². The standard InChI is InChI=1S/C16H24O2S/c1-12-7-8-14(11-13(12)2)19-10-6-5-9-16(3,4)15(17)18/h7-8,11H,5-6,9-10H2,1-4H3,(H,17,18). The maximum atomic E-state index is 11.0. The average molecular weight is 280 g/mol. The lowest BCUT2D eigenvalue weighted by atomic mass is 9.88. The normalized spacial score (nSPS) is 11.6. The molecule has 0 unspecified atom stereocenters. The molecule has 0 aliphatic rings. The molecule has 0 saturated heterocycles. The van der Waals surface area contributed by atoms with Crippen LogP contribution in [0.5, 0.6) is 0 Å². The van der Waals surface area contributed by atoms with Gasteiger partial charge >= 0.3 is 5.97 Å². The quantitative estimate of drug-likeness (QED) is 0.582. The number of aliphatic carboxylic acids is 1. The van der Waals surface area contributed by atoms with E-state index in [1.165, 1.54) is 16.0 Å². The van der Waals surface area contributed by atoms with E-state index < -0.39 is 11.4 Å². The van der Waals surface area contributed by atoms with E-state index in [0.29, 0.717) is 0 Å². The molecule has 0 aromatic heterocycles. The SMILES string of the molecule is Cc1ccc(SCCCCC(C)(C)C(=O)O)cc1C. The fraction of sp³-hybridized carbons (Fsp3) is 0.562. The summed E-state index contributed by atoms with van der Waals surface area (Å²) in [7, 11) is 0. The first-order valence-corrected chi connectivity index (χ1v) is 7.75. The number of aryl methyl sites for hydroxylation is 2.